The predicted molar refractivity (Wildman–Crippen MR) is 78.9 cm³/mol. The number of rotatable bonds is 7. The number of carbonyl (C=O) groups is 1. The molecule has 0 bridgehead atoms. The Morgan fingerprint density at radius 1 is 1.38 bits per heavy atom. The molecule has 0 spiro atoms. The van der Waals surface area contributed by atoms with Crippen molar-refractivity contribution in [3.05, 3.63) is 35.9 Å². The quantitative estimate of drug-likeness (QED) is 0.794. The lowest BCUT2D eigenvalue weighted by atomic mass is 9.98. The normalized spacial score (nSPS) is 21.1. The summed E-state index contributed by atoms with van der Waals surface area (Å²) < 4.78 is 5.50. The minimum atomic E-state index is -0.741. The fraction of sp³-hybridized carbons (Fsp3) is 0.562. The number of likely N-dealkylation sites (tertiary alicyclic amines) is 1. The van der Waals surface area contributed by atoms with E-state index >= 15 is 0 Å². The highest BCUT2D eigenvalue weighted by atomic mass is 16.5. The maximum absolute atomic E-state index is 11.0. The molecule has 2 atom stereocenters. The molecule has 1 fully saturated rings. The van der Waals surface area contributed by atoms with E-state index in [1.807, 2.05) is 35.2 Å². The van der Waals surface area contributed by atoms with Crippen molar-refractivity contribution in [2.45, 2.75) is 25.6 Å². The number of aliphatic hydroxyl groups is 1. The first-order valence-electron chi connectivity index (χ1n) is 7.40. The molecule has 1 saturated heterocycles. The van der Waals surface area contributed by atoms with E-state index in [4.69, 9.17) is 9.84 Å². The number of aliphatic carboxylic acids is 1. The Hall–Kier alpha value is -1.43. The molecule has 1 aromatic carbocycles. The van der Waals surface area contributed by atoms with Crippen LogP contribution in [0.1, 0.15) is 18.4 Å². The van der Waals surface area contributed by atoms with Crippen molar-refractivity contribution in [2.75, 3.05) is 26.2 Å². The van der Waals surface area contributed by atoms with Gasteiger partial charge in [-0.2, -0.15) is 0 Å². The van der Waals surface area contributed by atoms with Gasteiger partial charge in [-0.25, -0.2) is 0 Å². The minimum Gasteiger partial charge on any atom is -0.481 e. The van der Waals surface area contributed by atoms with Gasteiger partial charge in [0.15, 0.2) is 0 Å². The van der Waals surface area contributed by atoms with Crippen molar-refractivity contribution < 1.29 is 19.7 Å². The van der Waals surface area contributed by atoms with E-state index in [0.717, 1.165) is 24.9 Å². The summed E-state index contributed by atoms with van der Waals surface area (Å²) in [7, 11) is 0. The summed E-state index contributed by atoms with van der Waals surface area (Å²) >= 11 is 0. The van der Waals surface area contributed by atoms with Gasteiger partial charge in [-0.1, -0.05) is 30.3 Å². The second-order valence-electron chi connectivity index (χ2n) is 5.59. The molecule has 0 amide bonds. The Kier molecular flexibility index (Phi) is 6.17. The van der Waals surface area contributed by atoms with Crippen molar-refractivity contribution in [3.63, 3.8) is 0 Å². The molecule has 2 unspecified atom stereocenters. The smallest absolute Gasteiger partial charge is 0.307 e. The van der Waals surface area contributed by atoms with Crippen LogP contribution in [-0.2, 0) is 16.1 Å². The lowest BCUT2D eigenvalue weighted by Crippen LogP contribution is -2.43. The first-order chi connectivity index (χ1) is 10.1. The summed E-state index contributed by atoms with van der Waals surface area (Å²) in [5.74, 6) is -1.05. The van der Waals surface area contributed by atoms with Crippen LogP contribution in [0.5, 0.6) is 0 Å². The van der Waals surface area contributed by atoms with Gasteiger partial charge >= 0.3 is 5.97 Å². The first-order valence-corrected chi connectivity index (χ1v) is 7.40. The Morgan fingerprint density at radius 2 is 2.14 bits per heavy atom. The molecule has 2 rings (SSSR count). The van der Waals surface area contributed by atoms with Gasteiger partial charge in [-0.05, 0) is 24.9 Å². The van der Waals surface area contributed by atoms with Crippen molar-refractivity contribution in [3.8, 4) is 0 Å². The molecule has 5 heteroatoms. The van der Waals surface area contributed by atoms with Crippen LogP contribution in [-0.4, -0.2) is 53.4 Å². The lowest BCUT2D eigenvalue weighted by molar-refractivity contribution is -0.143. The second kappa shape index (κ2) is 8.12. The Bertz CT molecular complexity index is 437. The third kappa shape index (κ3) is 5.46. The fourth-order valence-electron chi connectivity index (χ4n) is 2.66. The summed E-state index contributed by atoms with van der Waals surface area (Å²) in [5, 5.41) is 19.0. The number of carboxylic acids is 1. The van der Waals surface area contributed by atoms with Gasteiger partial charge in [0.2, 0.25) is 0 Å². The van der Waals surface area contributed by atoms with Crippen LogP contribution in [0.3, 0.4) is 0 Å². The molecule has 1 aliphatic heterocycles. The maximum Gasteiger partial charge on any atom is 0.307 e. The summed E-state index contributed by atoms with van der Waals surface area (Å²) in [6, 6.07) is 9.82. The molecule has 1 aliphatic rings. The number of hydrogen-bond acceptors (Lipinski definition) is 4. The topological polar surface area (TPSA) is 70.0 Å². The van der Waals surface area contributed by atoms with Gasteiger partial charge in [0, 0.05) is 13.1 Å². The van der Waals surface area contributed by atoms with E-state index in [9.17, 15) is 9.90 Å². The van der Waals surface area contributed by atoms with E-state index in [1.54, 1.807) is 0 Å². The molecule has 5 nitrogen and oxygen atoms in total. The van der Waals surface area contributed by atoms with Gasteiger partial charge < -0.3 is 14.9 Å². The number of hydrogen-bond donors (Lipinski definition) is 2. The number of carboxylic acid groups (broad SMARTS) is 1. The van der Waals surface area contributed by atoms with Crippen molar-refractivity contribution >= 4 is 5.97 Å². The minimum absolute atomic E-state index is 0.267. The molecule has 21 heavy (non-hydrogen) atoms. The molecule has 2 N–H and O–H groups in total. The lowest BCUT2D eigenvalue weighted by Gasteiger charge is -2.31. The average Bonchev–Trinajstić information content (AvgIpc) is 2.48. The number of β-amino-alcohol motifs (C(OH)–C–C–N with tert-alkyl or cyclic N) is 1. The van der Waals surface area contributed by atoms with E-state index in [0.29, 0.717) is 19.7 Å². The van der Waals surface area contributed by atoms with Gasteiger partial charge in [0.25, 0.3) is 0 Å². The monoisotopic (exact) mass is 293 g/mol. The van der Waals surface area contributed by atoms with Gasteiger partial charge in [-0.3, -0.25) is 9.69 Å². The van der Waals surface area contributed by atoms with E-state index in [2.05, 4.69) is 0 Å². The highest BCUT2D eigenvalue weighted by molar-refractivity contribution is 5.70. The second-order valence-corrected chi connectivity index (χ2v) is 5.59. The molecule has 0 aliphatic carbocycles. The Morgan fingerprint density at radius 3 is 2.86 bits per heavy atom. The highest BCUT2D eigenvalue weighted by Crippen LogP contribution is 2.16. The molecule has 0 aromatic heterocycles. The SMILES string of the molecule is O=C(O)C1CCCN(CC(O)COCc2ccccc2)C1. The average molecular weight is 293 g/mol. The number of ether oxygens (including phenoxy) is 1. The highest BCUT2D eigenvalue weighted by Gasteiger charge is 2.26. The van der Waals surface area contributed by atoms with Gasteiger partial charge in [0.1, 0.15) is 0 Å². The van der Waals surface area contributed by atoms with Gasteiger partial charge in [0.05, 0.1) is 25.2 Å². The van der Waals surface area contributed by atoms with Crippen LogP contribution >= 0.6 is 0 Å². The van der Waals surface area contributed by atoms with Crippen LogP contribution < -0.4 is 0 Å². The zero-order valence-corrected chi connectivity index (χ0v) is 12.1. The van der Waals surface area contributed by atoms with Crippen molar-refractivity contribution in [1.29, 1.82) is 0 Å². The van der Waals surface area contributed by atoms with Crippen molar-refractivity contribution in [2.24, 2.45) is 5.92 Å². The fourth-order valence-corrected chi connectivity index (χ4v) is 2.66. The number of aliphatic hydroxyl groups excluding tert-OH is 1. The molecule has 0 saturated carbocycles. The molecular formula is C16H23NO4. The van der Waals surface area contributed by atoms with E-state index in [1.165, 1.54) is 0 Å². The summed E-state index contributed by atoms with van der Waals surface area (Å²) in [6.45, 7) is 2.59. The predicted octanol–water partition coefficient (Wildman–Crippen LogP) is 1.36. The molecule has 1 aromatic rings. The van der Waals surface area contributed by atoms with E-state index < -0.39 is 12.1 Å². The van der Waals surface area contributed by atoms with E-state index in [-0.39, 0.29) is 12.5 Å². The standard InChI is InChI=1S/C16H23NO4/c18-15(12-21-11-13-5-2-1-3-6-13)10-17-8-4-7-14(9-17)16(19)20/h1-3,5-6,14-15,18H,4,7-12H2,(H,19,20). The Labute approximate surface area is 125 Å². The summed E-state index contributed by atoms with van der Waals surface area (Å²) in [4.78, 5) is 13.0. The molecular weight excluding hydrogens is 270 g/mol. The zero-order chi connectivity index (χ0) is 15.1. The molecule has 1 heterocycles. The summed E-state index contributed by atoms with van der Waals surface area (Å²) in [5.41, 5.74) is 1.08. The summed E-state index contributed by atoms with van der Waals surface area (Å²) in [6.07, 6.45) is 1.02. The van der Waals surface area contributed by atoms with Gasteiger partial charge in [-0.15, -0.1) is 0 Å². The van der Waals surface area contributed by atoms with Crippen molar-refractivity contribution in [1.82, 2.24) is 4.90 Å². The molecule has 116 valence electrons. The first kappa shape index (κ1) is 15.9. The number of piperidine rings is 1. The van der Waals surface area contributed by atoms with Crippen LogP contribution in [0, 0.1) is 5.92 Å². The maximum atomic E-state index is 11.0. The van der Waals surface area contributed by atoms with Crippen LogP contribution in [0.25, 0.3) is 0 Å². The zero-order valence-electron chi connectivity index (χ0n) is 12.1. The number of benzene rings is 1. The van der Waals surface area contributed by atoms with Crippen LogP contribution in [0.2, 0.25) is 0 Å². The van der Waals surface area contributed by atoms with Crippen LogP contribution in [0.15, 0.2) is 30.3 Å². The third-order valence-corrected chi connectivity index (χ3v) is 3.75. The largest absolute Gasteiger partial charge is 0.481 e. The third-order valence-electron chi connectivity index (χ3n) is 3.75. The Balaban J connectivity index is 1.67. The van der Waals surface area contributed by atoms with Crippen LogP contribution in [0.4, 0.5) is 0 Å². The molecule has 0 radical (unpaired) electrons. The number of nitrogens with zero attached hydrogens (tertiary/aromatic N) is 1.